The number of amides is 1. The van der Waals surface area contributed by atoms with E-state index in [0.29, 0.717) is 6.42 Å². The van der Waals surface area contributed by atoms with Crippen LogP contribution < -0.4 is 0 Å². The van der Waals surface area contributed by atoms with Crippen molar-refractivity contribution >= 4 is 5.91 Å². The van der Waals surface area contributed by atoms with Crippen molar-refractivity contribution in [2.75, 3.05) is 6.54 Å². The standard InChI is InChI=1S/C23H47NO3/c1-4-5-6-7-8-9-10-11-12-13-14-15-16-17-18-19-22(25)24(21(2)3)20-23(26)27/h21,23,26-27H,4-20H2,1-3H3. The Balaban J connectivity index is 3.40. The zero-order valence-electron chi connectivity index (χ0n) is 18.4. The predicted octanol–water partition coefficient (Wildman–Crippen LogP) is 5.80. The van der Waals surface area contributed by atoms with Crippen LogP contribution >= 0.6 is 0 Å². The Labute approximate surface area is 168 Å². The van der Waals surface area contributed by atoms with E-state index >= 15 is 0 Å². The van der Waals surface area contributed by atoms with Crippen LogP contribution in [0.5, 0.6) is 0 Å². The molecule has 0 fully saturated rings. The van der Waals surface area contributed by atoms with Gasteiger partial charge in [0.25, 0.3) is 0 Å². The maximum Gasteiger partial charge on any atom is 0.222 e. The number of aliphatic hydroxyl groups excluding tert-OH is 1. The highest BCUT2D eigenvalue weighted by Gasteiger charge is 2.18. The Hall–Kier alpha value is -0.610. The Kier molecular flexibility index (Phi) is 18.3. The van der Waals surface area contributed by atoms with Crippen LogP contribution in [-0.2, 0) is 4.79 Å². The summed E-state index contributed by atoms with van der Waals surface area (Å²) in [4.78, 5) is 13.7. The molecule has 0 spiro atoms. The van der Waals surface area contributed by atoms with Gasteiger partial charge in [-0.05, 0) is 20.3 Å². The molecule has 0 atom stereocenters. The van der Waals surface area contributed by atoms with E-state index in [4.69, 9.17) is 10.2 Å². The zero-order chi connectivity index (χ0) is 20.3. The number of carbonyl (C=O) groups excluding carboxylic acids is 1. The van der Waals surface area contributed by atoms with Gasteiger partial charge in [0.2, 0.25) is 5.91 Å². The molecule has 0 bridgehead atoms. The molecule has 0 saturated carbocycles. The molecule has 0 aliphatic carbocycles. The number of unbranched alkanes of at least 4 members (excludes halogenated alkanes) is 14. The number of hydrogen-bond donors (Lipinski definition) is 2. The first kappa shape index (κ1) is 26.4. The lowest BCUT2D eigenvalue weighted by molar-refractivity contribution is -0.140. The van der Waals surface area contributed by atoms with Crippen molar-refractivity contribution in [3.63, 3.8) is 0 Å². The number of rotatable bonds is 19. The fourth-order valence-electron chi connectivity index (χ4n) is 3.57. The lowest BCUT2D eigenvalue weighted by Gasteiger charge is -2.27. The first-order valence-electron chi connectivity index (χ1n) is 11.6. The molecule has 0 aromatic rings. The Morgan fingerprint density at radius 1 is 0.704 bits per heavy atom. The molecule has 0 aromatic heterocycles. The van der Waals surface area contributed by atoms with Gasteiger partial charge in [-0.25, -0.2) is 0 Å². The highest BCUT2D eigenvalue weighted by atomic mass is 16.5. The molecular weight excluding hydrogens is 338 g/mol. The summed E-state index contributed by atoms with van der Waals surface area (Å²) >= 11 is 0. The third-order valence-electron chi connectivity index (χ3n) is 5.30. The maximum atomic E-state index is 12.2. The number of hydrogen-bond acceptors (Lipinski definition) is 3. The van der Waals surface area contributed by atoms with Crippen molar-refractivity contribution in [3.8, 4) is 0 Å². The van der Waals surface area contributed by atoms with Gasteiger partial charge in [0.1, 0.15) is 0 Å². The van der Waals surface area contributed by atoms with Gasteiger partial charge in [0, 0.05) is 12.5 Å². The van der Waals surface area contributed by atoms with Crippen LogP contribution in [0.3, 0.4) is 0 Å². The van der Waals surface area contributed by atoms with Crippen LogP contribution in [-0.4, -0.2) is 39.9 Å². The molecule has 0 aliphatic rings. The van der Waals surface area contributed by atoms with Crippen LogP contribution in [0.2, 0.25) is 0 Å². The monoisotopic (exact) mass is 385 g/mol. The molecule has 1 amide bonds. The van der Waals surface area contributed by atoms with Crippen molar-refractivity contribution in [1.82, 2.24) is 4.90 Å². The highest BCUT2D eigenvalue weighted by molar-refractivity contribution is 5.76. The van der Waals surface area contributed by atoms with E-state index in [1.807, 2.05) is 13.8 Å². The first-order valence-corrected chi connectivity index (χ1v) is 11.6. The van der Waals surface area contributed by atoms with Gasteiger partial charge in [0.15, 0.2) is 6.29 Å². The van der Waals surface area contributed by atoms with Gasteiger partial charge in [-0.3, -0.25) is 4.79 Å². The molecule has 0 saturated heterocycles. The SMILES string of the molecule is CCCCCCCCCCCCCCCCCC(=O)N(CC(O)O)C(C)C. The topological polar surface area (TPSA) is 60.8 Å². The van der Waals surface area contributed by atoms with Crippen molar-refractivity contribution < 1.29 is 15.0 Å². The van der Waals surface area contributed by atoms with Crippen LogP contribution in [0.15, 0.2) is 0 Å². The molecule has 0 rings (SSSR count). The average Bonchev–Trinajstić information content (AvgIpc) is 2.62. The third-order valence-corrected chi connectivity index (χ3v) is 5.30. The number of nitrogens with zero attached hydrogens (tertiary/aromatic N) is 1. The number of aliphatic hydroxyl groups is 2. The second kappa shape index (κ2) is 18.7. The molecule has 0 unspecified atom stereocenters. The molecule has 2 N–H and O–H groups in total. The van der Waals surface area contributed by atoms with Gasteiger partial charge in [-0.1, -0.05) is 96.8 Å². The quantitative estimate of drug-likeness (QED) is 0.218. The van der Waals surface area contributed by atoms with E-state index in [0.717, 1.165) is 12.8 Å². The van der Waals surface area contributed by atoms with Crippen molar-refractivity contribution in [2.24, 2.45) is 0 Å². The van der Waals surface area contributed by atoms with E-state index in [9.17, 15) is 4.79 Å². The summed E-state index contributed by atoms with van der Waals surface area (Å²) < 4.78 is 0. The highest BCUT2D eigenvalue weighted by Crippen LogP contribution is 2.14. The smallest absolute Gasteiger partial charge is 0.222 e. The Morgan fingerprint density at radius 3 is 1.41 bits per heavy atom. The summed E-state index contributed by atoms with van der Waals surface area (Å²) in [6, 6.07) is 0.00985. The lowest BCUT2D eigenvalue weighted by Crippen LogP contribution is -2.41. The van der Waals surface area contributed by atoms with Gasteiger partial charge < -0.3 is 15.1 Å². The minimum Gasteiger partial charge on any atom is -0.367 e. The van der Waals surface area contributed by atoms with Crippen molar-refractivity contribution in [2.45, 2.75) is 136 Å². The second-order valence-corrected chi connectivity index (χ2v) is 8.32. The van der Waals surface area contributed by atoms with Gasteiger partial charge >= 0.3 is 0 Å². The van der Waals surface area contributed by atoms with Gasteiger partial charge in [-0.2, -0.15) is 0 Å². The fraction of sp³-hybridized carbons (Fsp3) is 0.957. The van der Waals surface area contributed by atoms with E-state index in [1.165, 1.54) is 83.5 Å². The number of carbonyl (C=O) groups is 1. The normalized spacial score (nSPS) is 11.5. The van der Waals surface area contributed by atoms with E-state index < -0.39 is 6.29 Å². The fourth-order valence-corrected chi connectivity index (χ4v) is 3.57. The van der Waals surface area contributed by atoms with Crippen LogP contribution in [0.1, 0.15) is 124 Å². The van der Waals surface area contributed by atoms with E-state index in [1.54, 1.807) is 4.90 Å². The second-order valence-electron chi connectivity index (χ2n) is 8.32. The molecule has 0 heterocycles. The average molecular weight is 386 g/mol. The minimum atomic E-state index is -1.45. The summed E-state index contributed by atoms with van der Waals surface area (Å²) in [5, 5.41) is 18.2. The molecule has 4 heteroatoms. The first-order chi connectivity index (χ1) is 13.0. The molecule has 27 heavy (non-hydrogen) atoms. The molecule has 162 valence electrons. The van der Waals surface area contributed by atoms with E-state index in [2.05, 4.69) is 6.92 Å². The summed E-state index contributed by atoms with van der Waals surface area (Å²) in [7, 11) is 0. The summed E-state index contributed by atoms with van der Waals surface area (Å²) in [6.07, 6.45) is 18.8. The molecule has 0 aliphatic heterocycles. The lowest BCUT2D eigenvalue weighted by atomic mass is 10.0. The Bertz CT molecular complexity index is 332. The van der Waals surface area contributed by atoms with Crippen LogP contribution in [0.25, 0.3) is 0 Å². The van der Waals surface area contributed by atoms with Crippen LogP contribution in [0.4, 0.5) is 0 Å². The van der Waals surface area contributed by atoms with Crippen LogP contribution in [0, 0.1) is 0 Å². The summed E-state index contributed by atoms with van der Waals surface area (Å²) in [5.74, 6) is 0.0350. The summed E-state index contributed by atoms with van der Waals surface area (Å²) in [6.45, 7) is 6.10. The Morgan fingerprint density at radius 2 is 1.07 bits per heavy atom. The minimum absolute atomic E-state index is 0.00917. The maximum absolute atomic E-state index is 12.2. The predicted molar refractivity (Wildman–Crippen MR) is 115 cm³/mol. The zero-order valence-corrected chi connectivity index (χ0v) is 18.4. The van der Waals surface area contributed by atoms with Gasteiger partial charge in [-0.15, -0.1) is 0 Å². The molecule has 4 nitrogen and oxygen atoms in total. The molecule has 0 radical (unpaired) electrons. The molecular formula is C23H47NO3. The van der Waals surface area contributed by atoms with E-state index in [-0.39, 0.29) is 18.5 Å². The largest absolute Gasteiger partial charge is 0.367 e. The third kappa shape index (κ3) is 17.2. The van der Waals surface area contributed by atoms with Crippen molar-refractivity contribution in [1.29, 1.82) is 0 Å². The van der Waals surface area contributed by atoms with Crippen molar-refractivity contribution in [3.05, 3.63) is 0 Å². The summed E-state index contributed by atoms with van der Waals surface area (Å²) in [5.41, 5.74) is 0. The van der Waals surface area contributed by atoms with Gasteiger partial charge in [0.05, 0.1) is 6.54 Å². The molecule has 0 aromatic carbocycles.